The second kappa shape index (κ2) is 9.07. The maximum atomic E-state index is 12.3. The lowest BCUT2D eigenvalue weighted by Crippen LogP contribution is -2.07. The molecule has 0 saturated carbocycles. The minimum absolute atomic E-state index is 0.100. The number of Topliss-reactive ketones (excluding diaryl/α,β-unsaturated/α-hetero) is 1. The molecule has 3 aromatic rings. The van der Waals surface area contributed by atoms with Gasteiger partial charge >= 0.3 is 0 Å². The molecule has 2 aromatic carbocycles. The maximum absolute atomic E-state index is 12.3. The highest BCUT2D eigenvalue weighted by Gasteiger charge is 2.17. The van der Waals surface area contributed by atoms with Crippen molar-refractivity contribution in [1.29, 1.82) is 0 Å². The van der Waals surface area contributed by atoms with Gasteiger partial charge in [-0.25, -0.2) is 4.98 Å². The molecule has 1 aromatic heterocycles. The molecular formula is C22H19N3O3S. The van der Waals surface area contributed by atoms with Gasteiger partial charge in [-0.3, -0.25) is 19.7 Å². The normalized spacial score (nSPS) is 10.7. The fourth-order valence-corrected chi connectivity index (χ4v) is 3.49. The van der Waals surface area contributed by atoms with E-state index >= 15 is 0 Å². The van der Waals surface area contributed by atoms with E-state index in [1.807, 2.05) is 30.3 Å². The maximum Gasteiger partial charge on any atom is 0.250 e. The molecule has 0 fully saturated rings. The van der Waals surface area contributed by atoms with Gasteiger partial charge in [-0.05, 0) is 23.8 Å². The first-order valence-electron chi connectivity index (χ1n) is 8.86. The topological polar surface area (TPSA) is 88.2 Å². The third kappa shape index (κ3) is 5.46. The average molecular weight is 405 g/mol. The Bertz CT molecular complexity index is 1070. The third-order valence-electron chi connectivity index (χ3n) is 3.88. The Morgan fingerprint density at radius 2 is 1.62 bits per heavy atom. The first-order chi connectivity index (χ1) is 13.9. The summed E-state index contributed by atoms with van der Waals surface area (Å²) in [6, 6.07) is 16.5. The number of ketones is 1. The number of hydrogen-bond donors (Lipinski definition) is 2. The Morgan fingerprint density at radius 1 is 0.931 bits per heavy atom. The summed E-state index contributed by atoms with van der Waals surface area (Å²) in [6.07, 6.45) is 3.05. The zero-order valence-electron chi connectivity index (χ0n) is 15.9. The summed E-state index contributed by atoms with van der Waals surface area (Å²) >= 11 is 1.15. The molecule has 0 aliphatic carbocycles. The molecule has 2 N–H and O–H groups in total. The lowest BCUT2D eigenvalue weighted by Gasteiger charge is -2.01. The first kappa shape index (κ1) is 20.2. The molecule has 0 bridgehead atoms. The van der Waals surface area contributed by atoms with Gasteiger partial charge in [0.05, 0.1) is 10.6 Å². The van der Waals surface area contributed by atoms with Gasteiger partial charge in [-0.2, -0.15) is 0 Å². The van der Waals surface area contributed by atoms with E-state index in [-0.39, 0.29) is 17.6 Å². The van der Waals surface area contributed by atoms with E-state index in [1.54, 1.807) is 30.3 Å². The summed E-state index contributed by atoms with van der Waals surface area (Å²) in [4.78, 5) is 40.2. The molecule has 0 radical (unpaired) electrons. The van der Waals surface area contributed by atoms with Gasteiger partial charge in [0.25, 0.3) is 0 Å². The second-order valence-corrected chi connectivity index (χ2v) is 7.24. The van der Waals surface area contributed by atoms with Crippen molar-refractivity contribution in [1.82, 2.24) is 4.98 Å². The third-order valence-corrected chi connectivity index (χ3v) is 4.95. The highest BCUT2D eigenvalue weighted by Crippen LogP contribution is 2.31. The fraction of sp³-hybridized carbons (Fsp3) is 0.0909. The summed E-state index contributed by atoms with van der Waals surface area (Å²) in [6.45, 7) is 2.92. The first-order valence-corrected chi connectivity index (χ1v) is 9.68. The van der Waals surface area contributed by atoms with Crippen molar-refractivity contribution in [2.24, 2.45) is 0 Å². The standard InChI is InChI=1S/C22H19N3O3S/c1-14(26)21-20(17-6-4-3-5-7-17)25-22(29-21)24-19(28)13-10-16-8-11-18(12-9-16)23-15(2)27/h3-13H,1-2H3,(H,23,27)(H,24,25,28). The van der Waals surface area contributed by atoms with Crippen LogP contribution < -0.4 is 10.6 Å². The number of carbonyl (C=O) groups is 3. The highest BCUT2D eigenvalue weighted by atomic mass is 32.1. The average Bonchev–Trinajstić information content (AvgIpc) is 3.12. The minimum Gasteiger partial charge on any atom is -0.326 e. The molecule has 6 nitrogen and oxygen atoms in total. The largest absolute Gasteiger partial charge is 0.326 e. The molecule has 0 saturated heterocycles. The van der Waals surface area contributed by atoms with E-state index in [4.69, 9.17) is 0 Å². The minimum atomic E-state index is -0.348. The lowest BCUT2D eigenvalue weighted by molar-refractivity contribution is -0.114. The van der Waals surface area contributed by atoms with Crippen LogP contribution in [-0.4, -0.2) is 22.6 Å². The smallest absolute Gasteiger partial charge is 0.250 e. The number of amides is 2. The summed E-state index contributed by atoms with van der Waals surface area (Å²) in [5.74, 6) is -0.591. The van der Waals surface area contributed by atoms with E-state index in [0.717, 1.165) is 22.5 Å². The monoisotopic (exact) mass is 405 g/mol. The SMILES string of the molecule is CC(=O)Nc1ccc(C=CC(=O)Nc2nc(-c3ccccc3)c(C(C)=O)s2)cc1. The summed E-state index contributed by atoms with van der Waals surface area (Å²) in [7, 11) is 0. The molecule has 0 unspecified atom stereocenters. The van der Waals surface area contributed by atoms with Gasteiger partial charge in [0.1, 0.15) is 0 Å². The summed E-state index contributed by atoms with van der Waals surface area (Å²) in [5.41, 5.74) is 2.88. The van der Waals surface area contributed by atoms with Crippen LogP contribution in [0.2, 0.25) is 0 Å². The molecule has 0 spiro atoms. The van der Waals surface area contributed by atoms with Crippen molar-refractivity contribution in [2.45, 2.75) is 13.8 Å². The number of thiazole rings is 1. The van der Waals surface area contributed by atoms with Gasteiger partial charge in [-0.15, -0.1) is 0 Å². The van der Waals surface area contributed by atoms with Crippen molar-refractivity contribution in [2.75, 3.05) is 10.6 Å². The predicted molar refractivity (Wildman–Crippen MR) is 116 cm³/mol. The molecule has 0 aliphatic heterocycles. The van der Waals surface area contributed by atoms with Crippen LogP contribution in [-0.2, 0) is 9.59 Å². The van der Waals surface area contributed by atoms with Crippen LogP contribution in [0.15, 0.2) is 60.7 Å². The highest BCUT2D eigenvalue weighted by molar-refractivity contribution is 7.18. The quantitative estimate of drug-likeness (QED) is 0.463. The van der Waals surface area contributed by atoms with Crippen LogP contribution in [0.3, 0.4) is 0 Å². The van der Waals surface area contributed by atoms with E-state index in [0.29, 0.717) is 21.4 Å². The van der Waals surface area contributed by atoms with E-state index in [2.05, 4.69) is 15.6 Å². The number of rotatable bonds is 6. The van der Waals surface area contributed by atoms with Gasteiger partial charge in [0.15, 0.2) is 10.9 Å². The van der Waals surface area contributed by atoms with Gasteiger partial charge in [0, 0.05) is 31.2 Å². The zero-order valence-corrected chi connectivity index (χ0v) is 16.7. The summed E-state index contributed by atoms with van der Waals surface area (Å²) in [5, 5.41) is 5.76. The van der Waals surface area contributed by atoms with Crippen LogP contribution >= 0.6 is 11.3 Å². The van der Waals surface area contributed by atoms with E-state index in [1.165, 1.54) is 19.9 Å². The second-order valence-electron chi connectivity index (χ2n) is 6.24. The van der Waals surface area contributed by atoms with Crippen molar-refractivity contribution in [3.8, 4) is 11.3 Å². The number of carbonyl (C=O) groups excluding carboxylic acids is 3. The Morgan fingerprint density at radius 3 is 2.24 bits per heavy atom. The molecule has 3 rings (SSSR count). The number of anilines is 2. The molecule has 1 heterocycles. The van der Waals surface area contributed by atoms with Crippen LogP contribution in [0, 0.1) is 0 Å². The van der Waals surface area contributed by atoms with Crippen LogP contribution in [0.25, 0.3) is 17.3 Å². The number of aromatic nitrogens is 1. The van der Waals surface area contributed by atoms with E-state index in [9.17, 15) is 14.4 Å². The van der Waals surface area contributed by atoms with Gasteiger partial charge < -0.3 is 5.32 Å². The molecule has 7 heteroatoms. The summed E-state index contributed by atoms with van der Waals surface area (Å²) < 4.78 is 0. The van der Waals surface area contributed by atoms with Crippen molar-refractivity contribution >= 4 is 45.8 Å². The van der Waals surface area contributed by atoms with Crippen molar-refractivity contribution < 1.29 is 14.4 Å². The molecular weight excluding hydrogens is 386 g/mol. The molecule has 0 atom stereocenters. The number of benzene rings is 2. The van der Waals surface area contributed by atoms with Gasteiger partial charge in [-0.1, -0.05) is 53.8 Å². The number of hydrogen-bond acceptors (Lipinski definition) is 5. The number of nitrogens with zero attached hydrogens (tertiary/aromatic N) is 1. The Kier molecular flexibility index (Phi) is 6.31. The molecule has 146 valence electrons. The Balaban J connectivity index is 1.71. The van der Waals surface area contributed by atoms with Crippen molar-refractivity contribution in [3.05, 3.63) is 71.1 Å². The van der Waals surface area contributed by atoms with E-state index < -0.39 is 0 Å². The lowest BCUT2D eigenvalue weighted by atomic mass is 10.1. The molecule has 29 heavy (non-hydrogen) atoms. The Labute approximate surface area is 172 Å². The van der Waals surface area contributed by atoms with Crippen LogP contribution in [0.5, 0.6) is 0 Å². The molecule has 0 aliphatic rings. The van der Waals surface area contributed by atoms with Crippen LogP contribution in [0.1, 0.15) is 29.1 Å². The molecule has 2 amide bonds. The predicted octanol–water partition coefficient (Wildman–Crippen LogP) is 4.62. The number of nitrogens with one attached hydrogen (secondary N) is 2. The Hall–Kier alpha value is -3.58. The van der Waals surface area contributed by atoms with Crippen molar-refractivity contribution in [3.63, 3.8) is 0 Å². The zero-order chi connectivity index (χ0) is 20.8. The van der Waals surface area contributed by atoms with Gasteiger partial charge in [0.2, 0.25) is 11.8 Å². The van der Waals surface area contributed by atoms with Crippen LogP contribution in [0.4, 0.5) is 10.8 Å². The fourth-order valence-electron chi connectivity index (χ4n) is 2.60.